The van der Waals surface area contributed by atoms with E-state index in [9.17, 15) is 4.79 Å². The highest BCUT2D eigenvalue weighted by atomic mass is 32.1. The van der Waals surface area contributed by atoms with Gasteiger partial charge < -0.3 is 22.0 Å². The number of aromatic nitrogens is 2. The van der Waals surface area contributed by atoms with Gasteiger partial charge in [-0.25, -0.2) is 10.6 Å². The van der Waals surface area contributed by atoms with Crippen LogP contribution < -0.4 is 22.7 Å². The number of carboxylic acid groups (broad SMARTS) is 1. The van der Waals surface area contributed by atoms with Crippen LogP contribution in [-0.4, -0.2) is 26.4 Å². The van der Waals surface area contributed by atoms with Gasteiger partial charge >= 0.3 is 5.97 Å². The Labute approximate surface area is 172 Å². The first kappa shape index (κ1) is 23.0. The van der Waals surface area contributed by atoms with Crippen LogP contribution in [0.25, 0.3) is 10.6 Å². The molecule has 28 heavy (non-hydrogen) atoms. The number of nitrogens with zero attached hydrogens (tertiary/aromatic N) is 2. The zero-order valence-corrected chi connectivity index (χ0v) is 17.1. The molecule has 2 aromatic carbocycles. The van der Waals surface area contributed by atoms with Gasteiger partial charge in [-0.2, -0.15) is 0 Å². The van der Waals surface area contributed by atoms with Crippen molar-refractivity contribution in [1.29, 1.82) is 0 Å². The fourth-order valence-electron chi connectivity index (χ4n) is 1.91. The molecule has 0 aliphatic heterocycles. The molecular weight excluding hydrogens is 396 g/mol. The molecule has 8 nitrogen and oxygen atoms in total. The molecule has 0 unspecified atom stereocenters. The number of rotatable bonds is 2. The van der Waals surface area contributed by atoms with Crippen LogP contribution in [0.5, 0.6) is 0 Å². The number of anilines is 1. The summed E-state index contributed by atoms with van der Waals surface area (Å²) in [6, 6.07) is 15.0. The van der Waals surface area contributed by atoms with E-state index in [1.807, 2.05) is 43.5 Å². The zero-order valence-electron chi connectivity index (χ0n) is 15.4. The van der Waals surface area contributed by atoms with E-state index in [1.165, 1.54) is 16.9 Å². The minimum absolute atomic E-state index is 0.116. The van der Waals surface area contributed by atoms with Gasteiger partial charge in [0.25, 0.3) is 0 Å². The van der Waals surface area contributed by atoms with Crippen molar-refractivity contribution < 1.29 is 9.90 Å². The summed E-state index contributed by atoms with van der Waals surface area (Å²) in [4.78, 5) is 10.4. The monoisotopic (exact) mass is 418 g/mol. The summed E-state index contributed by atoms with van der Waals surface area (Å²) in [5.74, 6) is 3.78. The third-order valence-corrected chi connectivity index (χ3v) is 4.03. The van der Waals surface area contributed by atoms with Crippen molar-refractivity contribution >= 4 is 39.8 Å². The number of aryl methyl sites for hydroxylation is 2. The third-order valence-electron chi connectivity index (χ3n) is 3.11. The molecule has 0 aliphatic rings. The predicted molar refractivity (Wildman–Crippen MR) is 117 cm³/mol. The van der Waals surface area contributed by atoms with E-state index in [-0.39, 0.29) is 5.11 Å². The first-order chi connectivity index (χ1) is 13.2. The lowest BCUT2D eigenvalue weighted by Crippen LogP contribution is -2.34. The van der Waals surface area contributed by atoms with E-state index in [4.69, 9.17) is 16.6 Å². The van der Waals surface area contributed by atoms with Gasteiger partial charge in [-0.3, -0.25) is 0 Å². The fourth-order valence-corrected chi connectivity index (χ4v) is 2.51. The van der Waals surface area contributed by atoms with E-state index >= 15 is 0 Å². The largest absolute Gasteiger partial charge is 0.478 e. The van der Waals surface area contributed by atoms with Crippen molar-refractivity contribution in [2.45, 2.75) is 13.8 Å². The van der Waals surface area contributed by atoms with Gasteiger partial charge in [0.05, 0.1) is 5.56 Å². The Hall–Kier alpha value is -3.08. The lowest BCUT2D eigenvalue weighted by molar-refractivity contribution is 0.0697. The summed E-state index contributed by atoms with van der Waals surface area (Å²) in [6.07, 6.45) is 0. The Balaban J connectivity index is 0.000000233. The normalized spacial score (nSPS) is 9.25. The average molecular weight is 419 g/mol. The van der Waals surface area contributed by atoms with Crippen LogP contribution in [0.1, 0.15) is 21.5 Å². The Kier molecular flexibility index (Phi) is 9.51. The molecule has 1 heterocycles. The minimum atomic E-state index is -0.872. The zero-order chi connectivity index (χ0) is 21.1. The standard InChI is InChI=1S/C9H9N3S.C8H8O2.CH5N3S/c1-6-3-2-4-7(5-6)8-11-12-9(10)13-8;1-6-3-2-4-7(5-6)8(9)10;2-1(5)4-3/h2-5H,1H3,(H2,10,12);2-5H,1H3,(H,9,10);3H2,(H3,2,4,5). The van der Waals surface area contributed by atoms with Gasteiger partial charge in [-0.05, 0) is 44.3 Å². The Bertz CT molecular complexity index is 930. The first-order valence-corrected chi connectivity index (χ1v) is 9.17. The van der Waals surface area contributed by atoms with Crippen LogP contribution >= 0.6 is 23.6 Å². The number of nitrogens with one attached hydrogen (secondary N) is 1. The lowest BCUT2D eigenvalue weighted by atomic mass is 10.1. The van der Waals surface area contributed by atoms with Gasteiger partial charge in [0.15, 0.2) is 5.11 Å². The fraction of sp³-hybridized carbons (Fsp3) is 0.111. The number of thiocarbonyl (C=S) groups is 1. The van der Waals surface area contributed by atoms with Gasteiger partial charge in [0, 0.05) is 5.56 Å². The van der Waals surface area contributed by atoms with Crippen LogP contribution in [0.4, 0.5) is 5.13 Å². The van der Waals surface area contributed by atoms with Crippen molar-refractivity contribution in [2.75, 3.05) is 5.73 Å². The summed E-state index contributed by atoms with van der Waals surface area (Å²) in [5.41, 5.74) is 15.9. The van der Waals surface area contributed by atoms with Crippen LogP contribution in [0, 0.1) is 13.8 Å². The van der Waals surface area contributed by atoms with Crippen molar-refractivity contribution in [3.05, 3.63) is 65.2 Å². The molecule has 0 fully saturated rings. The highest BCUT2D eigenvalue weighted by molar-refractivity contribution is 7.80. The second-order valence-electron chi connectivity index (χ2n) is 5.50. The smallest absolute Gasteiger partial charge is 0.335 e. The number of benzene rings is 2. The van der Waals surface area contributed by atoms with Gasteiger partial charge in [0.1, 0.15) is 5.01 Å². The van der Waals surface area contributed by atoms with Crippen molar-refractivity contribution in [3.63, 3.8) is 0 Å². The summed E-state index contributed by atoms with van der Waals surface area (Å²) in [6.45, 7) is 3.92. The molecule has 0 atom stereocenters. The third kappa shape index (κ3) is 8.54. The first-order valence-electron chi connectivity index (χ1n) is 7.95. The number of nitrogen functional groups attached to an aromatic ring is 1. The van der Waals surface area contributed by atoms with E-state index in [2.05, 4.69) is 34.3 Å². The van der Waals surface area contributed by atoms with Crippen molar-refractivity contribution in [1.82, 2.24) is 15.6 Å². The van der Waals surface area contributed by atoms with Gasteiger partial charge in [0.2, 0.25) is 5.13 Å². The highest BCUT2D eigenvalue weighted by Gasteiger charge is 2.03. The molecular formula is C18H22N6O2S2. The second-order valence-corrected chi connectivity index (χ2v) is 6.95. The Morgan fingerprint density at radius 2 is 1.68 bits per heavy atom. The van der Waals surface area contributed by atoms with Crippen LogP contribution in [0.2, 0.25) is 0 Å². The second kappa shape index (κ2) is 11.6. The molecule has 0 bridgehead atoms. The Morgan fingerprint density at radius 1 is 1.11 bits per heavy atom. The Morgan fingerprint density at radius 3 is 2.07 bits per heavy atom. The summed E-state index contributed by atoms with van der Waals surface area (Å²) in [7, 11) is 0. The number of hydrazine groups is 1. The van der Waals surface area contributed by atoms with E-state index in [0.717, 1.165) is 16.1 Å². The van der Waals surface area contributed by atoms with Gasteiger partial charge in [-0.1, -0.05) is 52.8 Å². The van der Waals surface area contributed by atoms with Crippen LogP contribution in [-0.2, 0) is 0 Å². The average Bonchev–Trinajstić information content (AvgIpc) is 3.09. The molecule has 0 spiro atoms. The van der Waals surface area contributed by atoms with Crippen LogP contribution in [0.15, 0.2) is 48.5 Å². The van der Waals surface area contributed by atoms with Crippen LogP contribution in [0.3, 0.4) is 0 Å². The number of hydrogen-bond acceptors (Lipinski definition) is 7. The molecule has 0 saturated carbocycles. The summed E-state index contributed by atoms with van der Waals surface area (Å²) in [5, 5.41) is 17.8. The van der Waals surface area contributed by atoms with Crippen molar-refractivity contribution in [2.24, 2.45) is 11.6 Å². The highest BCUT2D eigenvalue weighted by Crippen LogP contribution is 2.24. The maximum atomic E-state index is 10.4. The maximum Gasteiger partial charge on any atom is 0.335 e. The molecule has 148 valence electrons. The predicted octanol–water partition coefficient (Wildman–Crippen LogP) is 2.48. The van der Waals surface area contributed by atoms with E-state index in [0.29, 0.717) is 10.7 Å². The maximum absolute atomic E-state index is 10.4. The summed E-state index contributed by atoms with van der Waals surface area (Å²) < 4.78 is 0. The number of hydrogen-bond donors (Lipinski definition) is 5. The molecule has 8 N–H and O–H groups in total. The van der Waals surface area contributed by atoms with E-state index < -0.39 is 5.97 Å². The molecule has 0 amide bonds. The number of carboxylic acids is 1. The number of aromatic carboxylic acids is 1. The molecule has 1 aromatic heterocycles. The number of nitrogens with two attached hydrogens (primary N) is 3. The van der Waals surface area contributed by atoms with Gasteiger partial charge in [-0.15, -0.1) is 10.2 Å². The lowest BCUT2D eigenvalue weighted by Gasteiger charge is -1.95. The molecule has 0 radical (unpaired) electrons. The summed E-state index contributed by atoms with van der Waals surface area (Å²) >= 11 is 5.64. The quantitative estimate of drug-likeness (QED) is 0.240. The minimum Gasteiger partial charge on any atom is -0.478 e. The molecule has 0 aliphatic carbocycles. The topological polar surface area (TPSA) is 153 Å². The molecule has 0 saturated heterocycles. The number of carbonyl (C=O) groups is 1. The van der Waals surface area contributed by atoms with E-state index in [1.54, 1.807) is 18.2 Å². The molecule has 3 rings (SSSR count). The molecule has 10 heteroatoms. The van der Waals surface area contributed by atoms with Crippen molar-refractivity contribution in [3.8, 4) is 10.6 Å². The SMILES string of the molecule is Cc1cccc(-c2nnc(N)s2)c1.Cc1cccc(C(=O)O)c1.NNC(N)=S. The molecule has 3 aromatic rings.